The molecule has 3 aromatic heterocycles. The lowest BCUT2D eigenvalue weighted by molar-refractivity contribution is -0.137. The van der Waals surface area contributed by atoms with E-state index in [1.807, 2.05) is 4.90 Å². The van der Waals surface area contributed by atoms with Gasteiger partial charge in [-0.3, -0.25) is 0 Å². The van der Waals surface area contributed by atoms with Crippen molar-refractivity contribution in [3.05, 3.63) is 41.7 Å². The molecule has 2 fully saturated rings. The monoisotopic (exact) mass is 510 g/mol. The normalized spacial score (nSPS) is 16.6. The van der Waals surface area contributed by atoms with E-state index in [1.165, 1.54) is 51.1 Å². The lowest BCUT2D eigenvalue weighted by atomic mass is 9.96. The van der Waals surface area contributed by atoms with Crippen molar-refractivity contribution in [3.8, 4) is 11.3 Å². The molecule has 0 radical (unpaired) electrons. The molecule has 2 amide bonds. The van der Waals surface area contributed by atoms with Crippen molar-refractivity contribution < 1.29 is 26.7 Å². The fraction of sp³-hybridized carbons (Fsp3) is 0.458. The van der Waals surface area contributed by atoms with Gasteiger partial charge in [0.15, 0.2) is 11.6 Å². The van der Waals surface area contributed by atoms with Crippen LogP contribution in [-0.4, -0.2) is 45.0 Å². The molecule has 36 heavy (non-hydrogen) atoms. The molecule has 0 unspecified atom stereocenters. The number of urea groups is 1. The molecular weight excluding hydrogens is 483 g/mol. The zero-order chi connectivity index (χ0) is 25.9. The van der Waals surface area contributed by atoms with Gasteiger partial charge in [-0.2, -0.15) is 13.2 Å². The van der Waals surface area contributed by atoms with Crippen LogP contribution in [0.3, 0.4) is 0 Å². The molecule has 2 aliphatic rings. The van der Waals surface area contributed by atoms with Gasteiger partial charge in [-0.15, -0.1) is 0 Å². The molecule has 12 heteroatoms. The topological polar surface area (TPSA) is 99.9 Å². The van der Waals surface area contributed by atoms with Gasteiger partial charge < -0.3 is 20.9 Å². The van der Waals surface area contributed by atoms with Crippen LogP contribution in [0.25, 0.3) is 22.3 Å². The van der Waals surface area contributed by atoms with E-state index in [0.29, 0.717) is 6.04 Å². The van der Waals surface area contributed by atoms with E-state index in [2.05, 4.69) is 20.3 Å². The average Bonchev–Trinajstić information content (AvgIpc) is 3.51. The highest BCUT2D eigenvalue weighted by molar-refractivity contribution is 5.93. The van der Waals surface area contributed by atoms with Crippen molar-refractivity contribution in [1.29, 1.82) is 0 Å². The first kappa shape index (κ1) is 25.6. The first-order valence-corrected chi connectivity index (χ1v) is 11.8. The van der Waals surface area contributed by atoms with E-state index in [0.717, 1.165) is 25.4 Å². The Bertz CT molecular complexity index is 1220. The molecule has 0 spiro atoms. The second-order valence-corrected chi connectivity index (χ2v) is 8.98. The smallest absolute Gasteiger partial charge is 0.381 e. The molecule has 3 aromatic rings. The van der Waals surface area contributed by atoms with Crippen LogP contribution in [0.2, 0.25) is 0 Å². The van der Waals surface area contributed by atoms with Crippen LogP contribution in [0.5, 0.6) is 0 Å². The SMILES string of the molecule is Nc1nc(-c2c[nH]c3ncc(F)cc23)c(C(F)(F)F)cc1F.O=C(NC1CCCCC1)N1CCCC1. The summed E-state index contributed by atoms with van der Waals surface area (Å²) in [6.07, 6.45) is 5.88. The number of fused-ring (bicyclic) bond motifs is 1. The van der Waals surface area contributed by atoms with Crippen LogP contribution in [-0.2, 0) is 6.18 Å². The zero-order valence-electron chi connectivity index (χ0n) is 19.5. The summed E-state index contributed by atoms with van der Waals surface area (Å²) in [5.74, 6) is -2.68. The number of H-pyrrole nitrogens is 1. The molecule has 4 N–H and O–H groups in total. The number of halogens is 5. The molecular formula is C24H27F5N6O. The van der Waals surface area contributed by atoms with Crippen molar-refractivity contribution in [2.45, 2.75) is 57.2 Å². The lowest BCUT2D eigenvalue weighted by Crippen LogP contribution is -2.44. The molecule has 0 bridgehead atoms. The minimum atomic E-state index is -4.85. The van der Waals surface area contributed by atoms with Crippen molar-refractivity contribution >= 4 is 22.9 Å². The molecule has 5 rings (SSSR count). The Morgan fingerprint density at radius 2 is 1.78 bits per heavy atom. The molecule has 4 heterocycles. The molecule has 1 aliphatic carbocycles. The van der Waals surface area contributed by atoms with E-state index in [1.54, 1.807) is 0 Å². The second kappa shape index (κ2) is 10.7. The number of anilines is 1. The Kier molecular flexibility index (Phi) is 7.60. The number of aromatic nitrogens is 3. The van der Waals surface area contributed by atoms with E-state index in [-0.39, 0.29) is 28.7 Å². The number of carbonyl (C=O) groups excluding carboxylic acids is 1. The summed E-state index contributed by atoms with van der Waals surface area (Å²) in [7, 11) is 0. The molecule has 194 valence electrons. The molecule has 1 saturated heterocycles. The molecule has 0 aromatic carbocycles. The lowest BCUT2D eigenvalue weighted by Gasteiger charge is -2.25. The predicted octanol–water partition coefficient (Wildman–Crippen LogP) is 5.63. The molecule has 0 atom stereocenters. The predicted molar refractivity (Wildman–Crippen MR) is 125 cm³/mol. The van der Waals surface area contributed by atoms with Gasteiger partial charge >= 0.3 is 12.2 Å². The van der Waals surface area contributed by atoms with Crippen LogP contribution >= 0.6 is 0 Å². The summed E-state index contributed by atoms with van der Waals surface area (Å²) in [6.45, 7) is 1.91. The number of likely N-dealkylation sites (tertiary alicyclic amines) is 1. The van der Waals surface area contributed by atoms with Crippen LogP contribution in [0.4, 0.5) is 32.6 Å². The van der Waals surface area contributed by atoms with E-state index in [4.69, 9.17) is 5.73 Å². The third kappa shape index (κ3) is 5.85. The summed E-state index contributed by atoms with van der Waals surface area (Å²) in [5.41, 5.74) is 3.47. The maximum atomic E-state index is 13.3. The van der Waals surface area contributed by atoms with E-state index in [9.17, 15) is 26.7 Å². The number of nitrogens with one attached hydrogen (secondary N) is 2. The van der Waals surface area contributed by atoms with Crippen molar-refractivity contribution in [1.82, 2.24) is 25.2 Å². The van der Waals surface area contributed by atoms with Gasteiger partial charge in [-0.25, -0.2) is 23.5 Å². The second-order valence-electron chi connectivity index (χ2n) is 8.98. The summed E-state index contributed by atoms with van der Waals surface area (Å²) in [4.78, 5) is 23.5. The largest absolute Gasteiger partial charge is 0.418 e. The molecule has 7 nitrogen and oxygen atoms in total. The van der Waals surface area contributed by atoms with Crippen molar-refractivity contribution in [2.24, 2.45) is 0 Å². The summed E-state index contributed by atoms with van der Waals surface area (Å²) < 4.78 is 65.9. The highest BCUT2D eigenvalue weighted by atomic mass is 19.4. The number of nitrogen functional groups attached to an aromatic ring is 1. The number of aromatic amines is 1. The minimum absolute atomic E-state index is 0.0685. The van der Waals surface area contributed by atoms with Gasteiger partial charge in [0, 0.05) is 36.3 Å². The quantitative estimate of drug-likeness (QED) is 0.389. The molecule has 1 saturated carbocycles. The number of alkyl halides is 3. The Morgan fingerprint density at radius 3 is 2.44 bits per heavy atom. The first-order chi connectivity index (χ1) is 17.1. The maximum absolute atomic E-state index is 13.3. The van der Waals surface area contributed by atoms with Crippen LogP contribution in [0, 0.1) is 11.6 Å². The van der Waals surface area contributed by atoms with Crippen molar-refractivity contribution in [3.63, 3.8) is 0 Å². The number of nitrogens with zero attached hydrogens (tertiary/aromatic N) is 3. The van der Waals surface area contributed by atoms with Crippen LogP contribution in [0.1, 0.15) is 50.5 Å². The Hall–Kier alpha value is -3.44. The summed E-state index contributed by atoms with van der Waals surface area (Å²) >= 11 is 0. The summed E-state index contributed by atoms with van der Waals surface area (Å²) in [6, 6.07) is 1.91. The zero-order valence-corrected chi connectivity index (χ0v) is 19.5. The van der Waals surface area contributed by atoms with Gasteiger partial charge in [0.25, 0.3) is 0 Å². The fourth-order valence-corrected chi connectivity index (χ4v) is 4.53. The van der Waals surface area contributed by atoms with Gasteiger partial charge in [-0.1, -0.05) is 19.3 Å². The minimum Gasteiger partial charge on any atom is -0.381 e. The van der Waals surface area contributed by atoms with Crippen LogP contribution < -0.4 is 11.1 Å². The first-order valence-electron chi connectivity index (χ1n) is 11.8. The summed E-state index contributed by atoms with van der Waals surface area (Å²) in [5, 5.41) is 3.23. The highest BCUT2D eigenvalue weighted by Gasteiger charge is 2.36. The highest BCUT2D eigenvalue weighted by Crippen LogP contribution is 2.39. The maximum Gasteiger partial charge on any atom is 0.418 e. The van der Waals surface area contributed by atoms with E-state index >= 15 is 0 Å². The number of carbonyl (C=O) groups is 1. The number of nitrogens with two attached hydrogens (primary N) is 1. The van der Waals surface area contributed by atoms with Gasteiger partial charge in [0.1, 0.15) is 11.5 Å². The van der Waals surface area contributed by atoms with E-state index < -0.39 is 34.9 Å². The third-order valence-corrected chi connectivity index (χ3v) is 6.39. The number of hydrogen-bond donors (Lipinski definition) is 3. The van der Waals surface area contributed by atoms with Crippen LogP contribution in [0.15, 0.2) is 24.5 Å². The fourth-order valence-electron chi connectivity index (χ4n) is 4.53. The van der Waals surface area contributed by atoms with Crippen molar-refractivity contribution in [2.75, 3.05) is 18.8 Å². The Balaban J connectivity index is 0.000000187. The number of pyridine rings is 2. The third-order valence-electron chi connectivity index (χ3n) is 6.39. The number of hydrogen-bond acceptors (Lipinski definition) is 4. The average molecular weight is 511 g/mol. The molecule has 1 aliphatic heterocycles. The Labute approximate surface area is 204 Å². The standard InChI is InChI=1S/C13H7F5N4.C11H20N2O/c14-5-1-6-7(4-21-12(6)20-3-5)10-8(13(16,17)18)2-9(15)11(19)22-10;14-11(13-8-4-5-9-13)12-10-6-2-1-3-7-10/h1-4H,(H2,19,22)(H,20,21);10H,1-9H2,(H,12,14). The van der Waals surface area contributed by atoms with Gasteiger partial charge in [0.05, 0.1) is 17.5 Å². The number of rotatable bonds is 2. The van der Waals surface area contributed by atoms with Gasteiger partial charge in [-0.05, 0) is 37.8 Å². The van der Waals surface area contributed by atoms with Gasteiger partial charge in [0.2, 0.25) is 0 Å². The number of amides is 2. The Morgan fingerprint density at radius 1 is 1.08 bits per heavy atom.